The molecule has 3 aromatic rings. The zero-order valence-electron chi connectivity index (χ0n) is 9.05. The molecule has 0 unspecified atom stereocenters. The van der Waals surface area contributed by atoms with E-state index < -0.39 is 0 Å². The van der Waals surface area contributed by atoms with Gasteiger partial charge in [0.2, 0.25) is 0 Å². The zero-order valence-corrected chi connectivity index (χ0v) is 12.7. The summed E-state index contributed by atoms with van der Waals surface area (Å²) in [7, 11) is 0. The Balaban J connectivity index is 2.26. The normalized spacial score (nSPS) is 11.1. The Labute approximate surface area is 127 Å². The number of aromatic amines is 1. The molecule has 0 atom stereocenters. The van der Waals surface area contributed by atoms with E-state index in [0.717, 1.165) is 26.0 Å². The number of nitrogens with zero attached hydrogens (tertiary/aromatic N) is 1. The summed E-state index contributed by atoms with van der Waals surface area (Å²) in [6.07, 6.45) is 0. The molecule has 0 fully saturated rings. The van der Waals surface area contributed by atoms with E-state index in [9.17, 15) is 0 Å². The molecule has 2 nitrogen and oxygen atoms in total. The van der Waals surface area contributed by atoms with Crippen molar-refractivity contribution in [1.82, 2.24) is 9.97 Å². The van der Waals surface area contributed by atoms with Crippen LogP contribution in [0.5, 0.6) is 0 Å². The van der Waals surface area contributed by atoms with E-state index in [-0.39, 0.29) is 0 Å². The summed E-state index contributed by atoms with van der Waals surface area (Å²) in [5.74, 6) is 0.738. The highest BCUT2D eigenvalue weighted by atomic mass is 127. The molecule has 3 rings (SSSR count). The van der Waals surface area contributed by atoms with Crippen LogP contribution >= 0.6 is 45.8 Å². The Hall–Kier alpha value is -0.780. The standard InChI is InChI=1S/C13H7Cl2IN2/c14-9-5-4-7(16)6-8(9)13-17-11-3-1-2-10(15)12(11)18-13/h1-6H,(H,17,18). The fraction of sp³-hybridized carbons (Fsp3) is 0. The third kappa shape index (κ3) is 2.11. The maximum atomic E-state index is 6.20. The minimum absolute atomic E-state index is 0.636. The molecule has 5 heteroatoms. The monoisotopic (exact) mass is 388 g/mol. The number of rotatable bonds is 1. The van der Waals surface area contributed by atoms with Crippen molar-refractivity contribution in [2.75, 3.05) is 0 Å². The lowest BCUT2D eigenvalue weighted by Crippen LogP contribution is -1.83. The molecule has 0 bridgehead atoms. The van der Waals surface area contributed by atoms with Crippen molar-refractivity contribution in [3.63, 3.8) is 0 Å². The van der Waals surface area contributed by atoms with Gasteiger partial charge in [0, 0.05) is 9.13 Å². The van der Waals surface area contributed by atoms with Crippen molar-refractivity contribution in [1.29, 1.82) is 0 Å². The molecule has 0 radical (unpaired) electrons. The second-order valence-corrected chi connectivity index (χ2v) is 5.91. The number of imidazole rings is 1. The van der Waals surface area contributed by atoms with E-state index in [1.165, 1.54) is 0 Å². The van der Waals surface area contributed by atoms with Gasteiger partial charge in [-0.2, -0.15) is 0 Å². The molecule has 0 saturated carbocycles. The zero-order chi connectivity index (χ0) is 12.7. The topological polar surface area (TPSA) is 28.7 Å². The average molecular weight is 389 g/mol. The van der Waals surface area contributed by atoms with Crippen LogP contribution in [0.4, 0.5) is 0 Å². The van der Waals surface area contributed by atoms with Crippen molar-refractivity contribution >= 4 is 56.8 Å². The molecule has 1 N–H and O–H groups in total. The number of benzene rings is 2. The van der Waals surface area contributed by atoms with Crippen LogP contribution in [0.3, 0.4) is 0 Å². The minimum atomic E-state index is 0.636. The fourth-order valence-corrected chi connectivity index (χ4v) is 2.72. The number of halogens is 3. The molecule has 0 spiro atoms. The van der Waals surface area contributed by atoms with Gasteiger partial charge >= 0.3 is 0 Å². The summed E-state index contributed by atoms with van der Waals surface area (Å²) in [6.45, 7) is 0. The maximum Gasteiger partial charge on any atom is 0.140 e. The largest absolute Gasteiger partial charge is 0.338 e. The van der Waals surface area contributed by atoms with Crippen LogP contribution in [0.25, 0.3) is 22.4 Å². The van der Waals surface area contributed by atoms with Gasteiger partial charge in [0.25, 0.3) is 0 Å². The second-order valence-electron chi connectivity index (χ2n) is 3.85. The Morgan fingerprint density at radius 1 is 1.06 bits per heavy atom. The van der Waals surface area contributed by atoms with Crippen LogP contribution in [0.1, 0.15) is 0 Å². The fourth-order valence-electron chi connectivity index (χ4n) is 1.80. The smallest absolute Gasteiger partial charge is 0.140 e. The molecule has 1 heterocycles. The van der Waals surface area contributed by atoms with Crippen LogP contribution in [-0.2, 0) is 0 Å². The molecule has 90 valence electrons. The lowest BCUT2D eigenvalue weighted by atomic mass is 10.2. The van der Waals surface area contributed by atoms with Crippen LogP contribution in [0, 0.1) is 3.57 Å². The summed E-state index contributed by atoms with van der Waals surface area (Å²) in [6, 6.07) is 11.5. The molecule has 0 saturated heterocycles. The summed E-state index contributed by atoms with van der Waals surface area (Å²) in [5.41, 5.74) is 2.56. The van der Waals surface area contributed by atoms with Gasteiger partial charge in [-0.15, -0.1) is 0 Å². The Morgan fingerprint density at radius 3 is 2.67 bits per heavy atom. The third-order valence-electron chi connectivity index (χ3n) is 2.65. The predicted molar refractivity (Wildman–Crippen MR) is 84.3 cm³/mol. The molecule has 18 heavy (non-hydrogen) atoms. The second kappa shape index (κ2) is 4.72. The van der Waals surface area contributed by atoms with Gasteiger partial charge in [0.15, 0.2) is 0 Å². The number of para-hydroxylation sites is 1. The number of aromatic nitrogens is 2. The van der Waals surface area contributed by atoms with Gasteiger partial charge in [-0.05, 0) is 52.9 Å². The van der Waals surface area contributed by atoms with Crippen molar-refractivity contribution < 1.29 is 0 Å². The highest BCUT2D eigenvalue weighted by molar-refractivity contribution is 14.1. The van der Waals surface area contributed by atoms with Gasteiger partial charge in [0.05, 0.1) is 15.6 Å². The van der Waals surface area contributed by atoms with Gasteiger partial charge in [-0.25, -0.2) is 4.98 Å². The average Bonchev–Trinajstić information content (AvgIpc) is 2.77. The Kier molecular flexibility index (Phi) is 3.21. The SMILES string of the molecule is Clc1ccc(I)cc1-c1nc2c(Cl)cccc2[nH]1. The first kappa shape index (κ1) is 12.3. The summed E-state index contributed by atoms with van der Waals surface area (Å²) in [4.78, 5) is 7.75. The molecular formula is C13H7Cl2IN2. The first-order valence-electron chi connectivity index (χ1n) is 5.25. The van der Waals surface area contributed by atoms with Gasteiger partial charge in [-0.3, -0.25) is 0 Å². The molecule has 1 aromatic heterocycles. The third-order valence-corrected chi connectivity index (χ3v) is 3.95. The van der Waals surface area contributed by atoms with E-state index in [2.05, 4.69) is 32.6 Å². The molecule has 0 aliphatic rings. The van der Waals surface area contributed by atoms with Crippen LogP contribution in [0.15, 0.2) is 36.4 Å². The first-order valence-corrected chi connectivity index (χ1v) is 7.08. The highest BCUT2D eigenvalue weighted by Gasteiger charge is 2.10. The van der Waals surface area contributed by atoms with E-state index >= 15 is 0 Å². The number of nitrogens with one attached hydrogen (secondary N) is 1. The summed E-state index contributed by atoms with van der Waals surface area (Å²) < 4.78 is 1.11. The molecule has 0 aliphatic carbocycles. The Morgan fingerprint density at radius 2 is 1.89 bits per heavy atom. The van der Waals surface area contributed by atoms with Crippen LogP contribution < -0.4 is 0 Å². The van der Waals surface area contributed by atoms with Crippen molar-refractivity contribution in [2.24, 2.45) is 0 Å². The number of fused-ring (bicyclic) bond motifs is 1. The predicted octanol–water partition coefficient (Wildman–Crippen LogP) is 5.14. The Bertz CT molecular complexity index is 737. The van der Waals surface area contributed by atoms with Gasteiger partial charge in [-0.1, -0.05) is 29.3 Å². The molecular weight excluding hydrogens is 382 g/mol. The minimum Gasteiger partial charge on any atom is -0.338 e. The number of hydrogen-bond acceptors (Lipinski definition) is 1. The van der Waals surface area contributed by atoms with Crippen LogP contribution in [-0.4, -0.2) is 9.97 Å². The van der Waals surface area contributed by atoms with E-state index in [1.807, 2.05) is 36.4 Å². The van der Waals surface area contributed by atoms with Crippen molar-refractivity contribution in [3.8, 4) is 11.4 Å². The van der Waals surface area contributed by atoms with Gasteiger partial charge < -0.3 is 4.98 Å². The van der Waals surface area contributed by atoms with Gasteiger partial charge in [0.1, 0.15) is 11.3 Å². The summed E-state index contributed by atoms with van der Waals surface area (Å²) in [5, 5.41) is 1.31. The van der Waals surface area contributed by atoms with Crippen molar-refractivity contribution in [2.45, 2.75) is 0 Å². The molecule has 2 aromatic carbocycles. The van der Waals surface area contributed by atoms with E-state index in [1.54, 1.807) is 0 Å². The van der Waals surface area contributed by atoms with E-state index in [0.29, 0.717) is 10.0 Å². The van der Waals surface area contributed by atoms with E-state index in [4.69, 9.17) is 23.2 Å². The first-order chi connectivity index (χ1) is 8.65. The quantitative estimate of drug-likeness (QED) is 0.574. The molecule has 0 amide bonds. The number of hydrogen-bond donors (Lipinski definition) is 1. The molecule has 0 aliphatic heterocycles. The van der Waals surface area contributed by atoms with Crippen LogP contribution in [0.2, 0.25) is 10.0 Å². The lowest BCUT2D eigenvalue weighted by Gasteiger charge is -2.00. The van der Waals surface area contributed by atoms with Crippen molar-refractivity contribution in [3.05, 3.63) is 50.0 Å². The lowest BCUT2D eigenvalue weighted by molar-refractivity contribution is 1.33. The maximum absolute atomic E-state index is 6.20. The summed E-state index contributed by atoms with van der Waals surface area (Å²) >= 11 is 14.6. The highest BCUT2D eigenvalue weighted by Crippen LogP contribution is 2.30. The number of H-pyrrole nitrogens is 1.